The van der Waals surface area contributed by atoms with E-state index in [0.29, 0.717) is 35.3 Å². The molecule has 2 heterocycles. The fraction of sp³-hybridized carbons (Fsp3) is 0.400. The lowest BCUT2D eigenvalue weighted by Crippen LogP contribution is -2.28. The molecule has 3 rings (SSSR count). The van der Waals surface area contributed by atoms with Crippen molar-refractivity contribution in [2.24, 2.45) is 0 Å². The van der Waals surface area contributed by atoms with Gasteiger partial charge in [-0.1, -0.05) is 11.8 Å². The molecule has 1 N–H and O–H groups in total. The monoisotopic (exact) mass is 451 g/mol. The Morgan fingerprint density at radius 2 is 1.83 bits per heavy atom. The zero-order valence-electron chi connectivity index (χ0n) is 17.1. The van der Waals surface area contributed by atoms with Gasteiger partial charge < -0.3 is 14.8 Å². The van der Waals surface area contributed by atoms with E-state index in [0.717, 1.165) is 12.8 Å². The molecule has 1 aromatic carbocycles. The zero-order chi connectivity index (χ0) is 21.7. The van der Waals surface area contributed by atoms with Crippen LogP contribution >= 0.6 is 11.8 Å². The molecule has 1 aliphatic heterocycles. The van der Waals surface area contributed by atoms with Crippen molar-refractivity contribution in [3.63, 3.8) is 0 Å². The summed E-state index contributed by atoms with van der Waals surface area (Å²) in [6.45, 7) is 2.86. The lowest BCUT2D eigenvalue weighted by atomic mass is 10.2. The van der Waals surface area contributed by atoms with E-state index in [1.54, 1.807) is 44.4 Å². The van der Waals surface area contributed by atoms with Crippen LogP contribution in [-0.4, -0.2) is 56.2 Å². The van der Waals surface area contributed by atoms with Crippen LogP contribution in [0.3, 0.4) is 0 Å². The lowest BCUT2D eigenvalue weighted by Gasteiger charge is -2.16. The molecular formula is C20H25N3O5S2. The molecule has 1 aromatic heterocycles. The third-order valence-corrected chi connectivity index (χ3v) is 7.66. The number of carbonyl (C=O) groups excluding carboxylic acids is 1. The molecule has 0 bridgehead atoms. The first-order valence-corrected chi connectivity index (χ1v) is 11.8. The molecule has 1 unspecified atom stereocenters. The van der Waals surface area contributed by atoms with Crippen LogP contribution < -0.4 is 14.8 Å². The lowest BCUT2D eigenvalue weighted by molar-refractivity contribution is -0.115. The summed E-state index contributed by atoms with van der Waals surface area (Å²) in [5.41, 5.74) is 0.588. The summed E-state index contributed by atoms with van der Waals surface area (Å²) in [7, 11) is -0.419. The van der Waals surface area contributed by atoms with E-state index in [1.807, 2.05) is 0 Å². The Labute approximate surface area is 181 Å². The van der Waals surface area contributed by atoms with Crippen LogP contribution in [0, 0.1) is 0 Å². The average molecular weight is 452 g/mol. The highest BCUT2D eigenvalue weighted by Crippen LogP contribution is 2.30. The number of pyridine rings is 1. The highest BCUT2D eigenvalue weighted by Gasteiger charge is 2.27. The minimum absolute atomic E-state index is 0.177. The molecule has 30 heavy (non-hydrogen) atoms. The zero-order valence-corrected chi connectivity index (χ0v) is 18.8. The van der Waals surface area contributed by atoms with Gasteiger partial charge in [-0.2, -0.15) is 4.31 Å². The molecule has 1 amide bonds. The topological polar surface area (TPSA) is 97.8 Å². The first-order valence-electron chi connectivity index (χ1n) is 9.51. The molecule has 1 aliphatic rings. The number of sulfonamides is 1. The number of nitrogens with one attached hydrogen (secondary N) is 1. The Kier molecular flexibility index (Phi) is 7.22. The average Bonchev–Trinajstić information content (AvgIpc) is 3.30. The van der Waals surface area contributed by atoms with Gasteiger partial charge in [0.25, 0.3) is 0 Å². The van der Waals surface area contributed by atoms with Gasteiger partial charge in [0, 0.05) is 31.0 Å². The number of hydrogen-bond donors (Lipinski definition) is 1. The summed E-state index contributed by atoms with van der Waals surface area (Å²) in [6.07, 6.45) is 3.12. The Hall–Kier alpha value is -2.30. The van der Waals surface area contributed by atoms with Gasteiger partial charge in [0.15, 0.2) is 11.5 Å². The number of ether oxygens (including phenoxy) is 2. The maximum Gasteiger partial charge on any atom is 0.244 e. The van der Waals surface area contributed by atoms with E-state index in [9.17, 15) is 13.2 Å². The molecule has 8 nitrogen and oxygen atoms in total. The van der Waals surface area contributed by atoms with Crippen molar-refractivity contribution >= 4 is 33.4 Å². The van der Waals surface area contributed by atoms with Crippen molar-refractivity contribution in [2.75, 3.05) is 32.6 Å². The molecule has 0 spiro atoms. The highest BCUT2D eigenvalue weighted by molar-refractivity contribution is 8.00. The van der Waals surface area contributed by atoms with E-state index in [2.05, 4.69) is 10.3 Å². The maximum absolute atomic E-state index is 12.6. The number of nitrogens with zero attached hydrogens (tertiary/aromatic N) is 2. The summed E-state index contributed by atoms with van der Waals surface area (Å²) in [6, 6.07) is 8.31. The number of methoxy groups -OCH3 is 2. The second-order valence-corrected chi connectivity index (χ2v) is 10.1. The molecule has 1 fully saturated rings. The first kappa shape index (κ1) is 22.4. The Morgan fingerprint density at radius 3 is 2.43 bits per heavy atom. The van der Waals surface area contributed by atoms with Crippen LogP contribution in [0.2, 0.25) is 0 Å². The van der Waals surface area contributed by atoms with Crippen molar-refractivity contribution in [2.45, 2.75) is 34.9 Å². The molecule has 1 saturated heterocycles. The van der Waals surface area contributed by atoms with E-state index < -0.39 is 15.3 Å². The largest absolute Gasteiger partial charge is 0.493 e. The molecule has 0 radical (unpaired) electrons. The van der Waals surface area contributed by atoms with Crippen molar-refractivity contribution < 1.29 is 22.7 Å². The van der Waals surface area contributed by atoms with Crippen LogP contribution in [0.15, 0.2) is 46.5 Å². The Morgan fingerprint density at radius 1 is 1.13 bits per heavy atom. The number of carbonyl (C=O) groups is 1. The molecular weight excluding hydrogens is 426 g/mol. The third kappa shape index (κ3) is 5.05. The standard InChI is InChI=1S/C20H25N3O5S2/c1-14(20(24)22-15-6-8-17(27-2)18(12-15)28-3)29-19-9-7-16(13-21-19)30(25,26)23-10-4-5-11-23/h6-9,12-14H,4-5,10-11H2,1-3H3,(H,22,24). The van der Waals surface area contributed by atoms with E-state index in [4.69, 9.17) is 9.47 Å². The predicted octanol–water partition coefficient (Wildman–Crippen LogP) is 3.00. The first-order chi connectivity index (χ1) is 14.3. The van der Waals surface area contributed by atoms with Gasteiger partial charge in [0.05, 0.1) is 24.5 Å². The van der Waals surface area contributed by atoms with Crippen molar-refractivity contribution in [3.8, 4) is 11.5 Å². The van der Waals surface area contributed by atoms with E-state index in [1.165, 1.54) is 29.4 Å². The third-order valence-electron chi connectivity index (χ3n) is 4.73. The number of thioether (sulfide) groups is 1. The van der Waals surface area contributed by atoms with Crippen LogP contribution in [0.1, 0.15) is 19.8 Å². The van der Waals surface area contributed by atoms with Crippen LogP contribution in [0.25, 0.3) is 0 Å². The van der Waals surface area contributed by atoms with Crippen LogP contribution in [0.5, 0.6) is 11.5 Å². The van der Waals surface area contributed by atoms with Crippen molar-refractivity contribution in [1.82, 2.24) is 9.29 Å². The maximum atomic E-state index is 12.6. The minimum Gasteiger partial charge on any atom is -0.493 e. The SMILES string of the molecule is COc1ccc(NC(=O)C(C)Sc2ccc(S(=O)(=O)N3CCCC3)cn2)cc1OC. The van der Waals surface area contributed by atoms with Gasteiger partial charge in [-0.3, -0.25) is 4.79 Å². The Balaban J connectivity index is 1.62. The molecule has 1 atom stereocenters. The van der Waals surface area contributed by atoms with Gasteiger partial charge >= 0.3 is 0 Å². The molecule has 162 valence electrons. The number of aromatic nitrogens is 1. The summed E-state index contributed by atoms with van der Waals surface area (Å²) in [5, 5.41) is 2.97. The Bertz CT molecular complexity index is 990. The van der Waals surface area contributed by atoms with Gasteiger partial charge in [-0.25, -0.2) is 13.4 Å². The minimum atomic E-state index is -3.49. The quantitative estimate of drug-likeness (QED) is 0.616. The summed E-state index contributed by atoms with van der Waals surface area (Å²) in [5.74, 6) is 0.890. The second kappa shape index (κ2) is 9.67. The number of amides is 1. The normalized spacial score (nSPS) is 15.6. The summed E-state index contributed by atoms with van der Waals surface area (Å²) >= 11 is 1.25. The predicted molar refractivity (Wildman–Crippen MR) is 116 cm³/mol. The van der Waals surface area contributed by atoms with Crippen molar-refractivity contribution in [1.29, 1.82) is 0 Å². The second-order valence-electron chi connectivity index (χ2n) is 6.76. The van der Waals surface area contributed by atoms with Crippen LogP contribution in [0.4, 0.5) is 5.69 Å². The van der Waals surface area contributed by atoms with Crippen LogP contribution in [-0.2, 0) is 14.8 Å². The number of anilines is 1. The smallest absolute Gasteiger partial charge is 0.244 e. The molecule has 0 aliphatic carbocycles. The fourth-order valence-electron chi connectivity index (χ4n) is 3.06. The number of rotatable bonds is 8. The summed E-state index contributed by atoms with van der Waals surface area (Å²) < 4.78 is 37.1. The van der Waals surface area contributed by atoms with Gasteiger partial charge in [0.1, 0.15) is 4.90 Å². The highest BCUT2D eigenvalue weighted by atomic mass is 32.2. The number of benzene rings is 1. The molecule has 0 saturated carbocycles. The van der Waals surface area contributed by atoms with Crippen molar-refractivity contribution in [3.05, 3.63) is 36.5 Å². The molecule has 2 aromatic rings. The van der Waals surface area contributed by atoms with E-state index in [-0.39, 0.29) is 10.8 Å². The molecule has 10 heteroatoms. The fourth-order valence-corrected chi connectivity index (χ4v) is 5.31. The van der Waals surface area contributed by atoms with Gasteiger partial charge in [-0.05, 0) is 44.0 Å². The summed E-state index contributed by atoms with van der Waals surface area (Å²) in [4.78, 5) is 17.0. The van der Waals surface area contributed by atoms with Gasteiger partial charge in [0.2, 0.25) is 15.9 Å². The number of hydrogen-bond acceptors (Lipinski definition) is 7. The van der Waals surface area contributed by atoms with E-state index >= 15 is 0 Å². The van der Waals surface area contributed by atoms with Gasteiger partial charge in [-0.15, -0.1) is 0 Å².